The number of rotatable bonds is 9. The number of carbonyl (C=O) groups is 3. The molecule has 0 bridgehead atoms. The third-order valence-corrected chi connectivity index (χ3v) is 2.25. The van der Waals surface area contributed by atoms with Gasteiger partial charge in [-0.1, -0.05) is 32.6 Å². The summed E-state index contributed by atoms with van der Waals surface area (Å²) in [5.74, 6) is -2.71. The van der Waals surface area contributed by atoms with Crippen LogP contribution in [-0.2, 0) is 19.1 Å². The Morgan fingerprint density at radius 2 is 1.53 bits per heavy atom. The second-order valence-corrected chi connectivity index (χ2v) is 3.84. The molecule has 6 nitrogen and oxygen atoms in total. The molecule has 0 unspecified atom stereocenters. The summed E-state index contributed by atoms with van der Waals surface area (Å²) < 4.78 is 4.59. The summed E-state index contributed by atoms with van der Waals surface area (Å²) in [6.07, 6.45) is 3.40. The van der Waals surface area contributed by atoms with Gasteiger partial charge in [0.2, 0.25) is 0 Å². The molecule has 0 aliphatic heterocycles. The first-order valence-corrected chi connectivity index (χ1v) is 5.77. The van der Waals surface area contributed by atoms with Crippen molar-refractivity contribution in [2.24, 2.45) is 11.5 Å². The zero-order chi connectivity index (χ0) is 13.3. The van der Waals surface area contributed by atoms with Gasteiger partial charge < -0.3 is 16.2 Å². The van der Waals surface area contributed by atoms with Gasteiger partial charge in [-0.2, -0.15) is 0 Å². The number of hydrogen-bond acceptors (Lipinski definition) is 4. The molecule has 0 fully saturated rings. The molecule has 0 saturated heterocycles. The van der Waals surface area contributed by atoms with Crippen molar-refractivity contribution < 1.29 is 19.1 Å². The molecule has 0 aromatic rings. The highest BCUT2D eigenvalue weighted by Crippen LogP contribution is 2.06. The molecule has 0 aromatic heterocycles. The maximum Gasteiger partial charge on any atom is 0.307 e. The number of hydrogen-bond donors (Lipinski definition) is 2. The van der Waals surface area contributed by atoms with E-state index in [9.17, 15) is 14.4 Å². The molecule has 0 aromatic carbocycles. The van der Waals surface area contributed by atoms with E-state index >= 15 is 0 Å². The van der Waals surface area contributed by atoms with Gasteiger partial charge in [0.25, 0.3) is 17.9 Å². The maximum atomic E-state index is 11.3. The van der Waals surface area contributed by atoms with Crippen LogP contribution in [0.3, 0.4) is 0 Å². The van der Waals surface area contributed by atoms with Crippen LogP contribution >= 0.6 is 0 Å². The third-order valence-electron chi connectivity index (χ3n) is 2.25. The molecule has 6 heteroatoms. The Morgan fingerprint density at radius 1 is 1.00 bits per heavy atom. The predicted molar refractivity (Wildman–Crippen MR) is 61.6 cm³/mol. The summed E-state index contributed by atoms with van der Waals surface area (Å²) in [5.41, 5.74) is 9.73. The summed E-state index contributed by atoms with van der Waals surface area (Å²) >= 11 is 0. The fourth-order valence-corrected chi connectivity index (χ4v) is 1.32. The molecular formula is C11H20N2O4. The summed E-state index contributed by atoms with van der Waals surface area (Å²) in [6, 6.07) is 0. The molecule has 0 saturated carbocycles. The van der Waals surface area contributed by atoms with Crippen LogP contribution in [0.4, 0.5) is 0 Å². The first kappa shape index (κ1) is 15.4. The number of primary amides is 2. The lowest BCUT2D eigenvalue weighted by atomic mass is 10.1. The van der Waals surface area contributed by atoms with Crippen molar-refractivity contribution >= 4 is 17.8 Å². The van der Waals surface area contributed by atoms with E-state index in [0.717, 1.165) is 25.7 Å². The van der Waals surface area contributed by atoms with Gasteiger partial charge in [0, 0.05) is 6.42 Å². The van der Waals surface area contributed by atoms with Crippen molar-refractivity contribution in [3.05, 3.63) is 0 Å². The molecular weight excluding hydrogens is 224 g/mol. The van der Waals surface area contributed by atoms with E-state index in [4.69, 9.17) is 11.5 Å². The maximum absolute atomic E-state index is 11.3. The first-order valence-electron chi connectivity index (χ1n) is 5.77. The monoisotopic (exact) mass is 244 g/mol. The van der Waals surface area contributed by atoms with Crippen LogP contribution in [0.25, 0.3) is 0 Å². The van der Waals surface area contributed by atoms with Crippen molar-refractivity contribution in [2.45, 2.75) is 51.6 Å². The average Bonchev–Trinajstić information content (AvgIpc) is 2.24. The van der Waals surface area contributed by atoms with Crippen molar-refractivity contribution in [2.75, 3.05) is 0 Å². The van der Waals surface area contributed by atoms with Gasteiger partial charge >= 0.3 is 5.97 Å². The minimum absolute atomic E-state index is 0.167. The molecule has 0 heterocycles. The van der Waals surface area contributed by atoms with Gasteiger partial charge in [-0.25, -0.2) is 0 Å². The van der Waals surface area contributed by atoms with Gasteiger partial charge in [-0.15, -0.1) is 0 Å². The van der Waals surface area contributed by atoms with Crippen LogP contribution in [0.15, 0.2) is 0 Å². The Labute approximate surface area is 101 Å². The first-order chi connectivity index (χ1) is 7.99. The standard InChI is InChI=1S/C11H20N2O4/c1-2-3-4-5-6-7-8(14)17-9(10(12)15)11(13)16/h9H,2-7H2,1H3,(H2,12,15)(H2,13,16). The lowest BCUT2D eigenvalue weighted by Crippen LogP contribution is -2.43. The molecule has 17 heavy (non-hydrogen) atoms. The van der Waals surface area contributed by atoms with Crippen LogP contribution in [-0.4, -0.2) is 23.9 Å². The van der Waals surface area contributed by atoms with Crippen molar-refractivity contribution in [1.29, 1.82) is 0 Å². The van der Waals surface area contributed by atoms with Gasteiger partial charge in [0.1, 0.15) is 0 Å². The predicted octanol–water partition coefficient (Wildman–Crippen LogP) is 0.229. The quantitative estimate of drug-likeness (QED) is 0.343. The zero-order valence-corrected chi connectivity index (χ0v) is 10.1. The number of unbranched alkanes of at least 4 members (excludes halogenated alkanes) is 4. The minimum atomic E-state index is -1.65. The van der Waals surface area contributed by atoms with Gasteiger partial charge in [0.05, 0.1) is 0 Å². The average molecular weight is 244 g/mol. The highest BCUT2D eigenvalue weighted by Gasteiger charge is 2.25. The second kappa shape index (κ2) is 8.55. The molecule has 4 N–H and O–H groups in total. The SMILES string of the molecule is CCCCCCCC(=O)OC(C(N)=O)C(N)=O. The van der Waals surface area contributed by atoms with Gasteiger partial charge in [-0.3, -0.25) is 14.4 Å². The molecule has 0 spiro atoms. The highest BCUT2D eigenvalue weighted by atomic mass is 16.6. The smallest absolute Gasteiger partial charge is 0.307 e. The Hall–Kier alpha value is -1.59. The molecule has 0 rings (SSSR count). The Morgan fingerprint density at radius 3 is 2.00 bits per heavy atom. The number of ether oxygens (including phenoxy) is 1. The summed E-state index contributed by atoms with van der Waals surface area (Å²) in [4.78, 5) is 32.7. The fourth-order valence-electron chi connectivity index (χ4n) is 1.32. The summed E-state index contributed by atoms with van der Waals surface area (Å²) in [7, 11) is 0. The van der Waals surface area contributed by atoms with Crippen molar-refractivity contribution in [1.82, 2.24) is 0 Å². The van der Waals surface area contributed by atoms with E-state index in [0.29, 0.717) is 6.42 Å². The van der Waals surface area contributed by atoms with E-state index in [1.165, 1.54) is 0 Å². The largest absolute Gasteiger partial charge is 0.442 e. The van der Waals surface area contributed by atoms with Crippen LogP contribution in [0, 0.1) is 0 Å². The second-order valence-electron chi connectivity index (χ2n) is 3.84. The molecule has 0 aliphatic carbocycles. The fraction of sp³-hybridized carbons (Fsp3) is 0.727. The summed E-state index contributed by atoms with van der Waals surface area (Å²) in [6.45, 7) is 2.10. The van der Waals surface area contributed by atoms with E-state index in [1.807, 2.05) is 0 Å². The van der Waals surface area contributed by atoms with E-state index < -0.39 is 23.9 Å². The van der Waals surface area contributed by atoms with Crippen LogP contribution in [0.2, 0.25) is 0 Å². The topological polar surface area (TPSA) is 112 Å². The normalized spacial score (nSPS) is 10.2. The van der Waals surface area contributed by atoms with E-state index in [2.05, 4.69) is 11.7 Å². The molecule has 0 atom stereocenters. The van der Waals surface area contributed by atoms with Gasteiger partial charge in [-0.05, 0) is 6.42 Å². The van der Waals surface area contributed by atoms with E-state index in [-0.39, 0.29) is 6.42 Å². The number of amides is 2. The number of carbonyl (C=O) groups excluding carboxylic acids is 3. The van der Waals surface area contributed by atoms with E-state index in [1.54, 1.807) is 0 Å². The number of esters is 1. The molecule has 98 valence electrons. The zero-order valence-electron chi connectivity index (χ0n) is 10.1. The lowest BCUT2D eigenvalue weighted by Gasteiger charge is -2.10. The van der Waals surface area contributed by atoms with Crippen molar-refractivity contribution in [3.8, 4) is 0 Å². The van der Waals surface area contributed by atoms with Crippen LogP contribution in [0.1, 0.15) is 45.4 Å². The summed E-state index contributed by atoms with van der Waals surface area (Å²) in [5, 5.41) is 0. The highest BCUT2D eigenvalue weighted by molar-refractivity contribution is 6.03. The van der Waals surface area contributed by atoms with Crippen molar-refractivity contribution in [3.63, 3.8) is 0 Å². The Bertz CT molecular complexity index is 265. The molecule has 0 radical (unpaired) electrons. The number of nitrogens with two attached hydrogens (primary N) is 2. The van der Waals surface area contributed by atoms with Crippen LogP contribution < -0.4 is 11.5 Å². The van der Waals surface area contributed by atoms with Crippen LogP contribution in [0.5, 0.6) is 0 Å². The Kier molecular flexibility index (Phi) is 7.75. The minimum Gasteiger partial charge on any atom is -0.442 e. The third kappa shape index (κ3) is 7.32. The molecule has 2 amide bonds. The molecule has 0 aliphatic rings. The van der Waals surface area contributed by atoms with Gasteiger partial charge in [0.15, 0.2) is 0 Å². The lowest BCUT2D eigenvalue weighted by molar-refractivity contribution is -0.159. The Balaban J connectivity index is 3.83.